The fourth-order valence-electron chi connectivity index (χ4n) is 3.40. The normalized spacial score (nSPS) is 20.0. The van der Waals surface area contributed by atoms with Gasteiger partial charge in [0.05, 0.1) is 22.4 Å². The highest BCUT2D eigenvalue weighted by atomic mass is 32.1. The molecular formula is C21H23N3OS2. The first-order chi connectivity index (χ1) is 13.0. The number of nitrogens with one attached hydrogen (secondary N) is 1. The number of thiocarbonyl (C=S) groups is 1. The molecule has 0 bridgehead atoms. The molecule has 2 aromatic carbocycles. The van der Waals surface area contributed by atoms with E-state index in [4.69, 9.17) is 21.9 Å². The van der Waals surface area contributed by atoms with Crippen molar-refractivity contribution in [3.8, 4) is 10.6 Å². The Labute approximate surface area is 169 Å². The van der Waals surface area contributed by atoms with Crippen molar-refractivity contribution in [2.75, 3.05) is 18.4 Å². The first kappa shape index (κ1) is 18.3. The zero-order valence-corrected chi connectivity index (χ0v) is 17.4. The van der Waals surface area contributed by atoms with Crippen LogP contribution in [0.1, 0.15) is 19.4 Å². The van der Waals surface area contributed by atoms with Crippen LogP contribution in [-0.2, 0) is 4.74 Å². The number of fused-ring (bicyclic) bond motifs is 1. The van der Waals surface area contributed by atoms with Gasteiger partial charge in [-0.15, -0.1) is 11.3 Å². The Morgan fingerprint density at radius 3 is 2.56 bits per heavy atom. The van der Waals surface area contributed by atoms with Crippen molar-refractivity contribution in [2.24, 2.45) is 0 Å². The molecule has 0 unspecified atom stereocenters. The van der Waals surface area contributed by atoms with Crippen molar-refractivity contribution in [1.29, 1.82) is 0 Å². The summed E-state index contributed by atoms with van der Waals surface area (Å²) in [6.45, 7) is 7.91. The zero-order valence-electron chi connectivity index (χ0n) is 15.7. The third kappa shape index (κ3) is 4.13. The predicted octanol–water partition coefficient (Wildman–Crippen LogP) is 5.08. The van der Waals surface area contributed by atoms with Gasteiger partial charge in [-0.3, -0.25) is 0 Å². The third-order valence-electron chi connectivity index (χ3n) is 4.63. The van der Waals surface area contributed by atoms with E-state index in [-0.39, 0.29) is 12.2 Å². The third-order valence-corrected chi connectivity index (χ3v) is 6.06. The summed E-state index contributed by atoms with van der Waals surface area (Å²) in [4.78, 5) is 6.93. The lowest BCUT2D eigenvalue weighted by Gasteiger charge is -2.36. The van der Waals surface area contributed by atoms with Crippen LogP contribution in [0.15, 0.2) is 42.5 Å². The van der Waals surface area contributed by atoms with Crippen LogP contribution >= 0.6 is 23.6 Å². The molecule has 1 saturated heterocycles. The molecule has 27 heavy (non-hydrogen) atoms. The Morgan fingerprint density at radius 1 is 1.15 bits per heavy atom. The summed E-state index contributed by atoms with van der Waals surface area (Å²) >= 11 is 7.32. The minimum Gasteiger partial charge on any atom is -0.372 e. The second kappa shape index (κ2) is 7.54. The van der Waals surface area contributed by atoms with Crippen molar-refractivity contribution < 1.29 is 4.74 Å². The quantitative estimate of drug-likeness (QED) is 0.611. The zero-order chi connectivity index (χ0) is 19.0. The number of benzene rings is 2. The summed E-state index contributed by atoms with van der Waals surface area (Å²) in [5.41, 5.74) is 4.43. The number of hydrogen-bond acceptors (Lipinski definition) is 4. The maximum atomic E-state index is 5.78. The maximum Gasteiger partial charge on any atom is 0.173 e. The van der Waals surface area contributed by atoms with Crippen molar-refractivity contribution in [3.05, 3.63) is 48.0 Å². The summed E-state index contributed by atoms with van der Waals surface area (Å²) in [6.07, 6.45) is 0.386. The van der Waals surface area contributed by atoms with Gasteiger partial charge >= 0.3 is 0 Å². The van der Waals surface area contributed by atoms with Gasteiger partial charge in [0.25, 0.3) is 0 Å². The van der Waals surface area contributed by atoms with E-state index in [1.807, 2.05) is 0 Å². The second-order valence-electron chi connectivity index (χ2n) is 7.16. The molecule has 0 spiro atoms. The van der Waals surface area contributed by atoms with Crippen molar-refractivity contribution in [3.63, 3.8) is 0 Å². The van der Waals surface area contributed by atoms with Crippen molar-refractivity contribution in [1.82, 2.24) is 9.88 Å². The molecule has 6 heteroatoms. The van der Waals surface area contributed by atoms with Crippen molar-refractivity contribution in [2.45, 2.75) is 33.0 Å². The Balaban J connectivity index is 1.47. The lowest BCUT2D eigenvalue weighted by Crippen LogP contribution is -2.49. The maximum absolute atomic E-state index is 5.78. The average Bonchev–Trinajstić information content (AvgIpc) is 3.04. The van der Waals surface area contributed by atoms with Gasteiger partial charge in [-0.1, -0.05) is 6.07 Å². The highest BCUT2D eigenvalue weighted by molar-refractivity contribution is 7.80. The minimum absolute atomic E-state index is 0.193. The Hall–Kier alpha value is -2.02. The Bertz CT molecular complexity index is 957. The fourth-order valence-corrected chi connectivity index (χ4v) is 4.73. The van der Waals surface area contributed by atoms with Crippen LogP contribution in [0.3, 0.4) is 0 Å². The highest BCUT2D eigenvalue weighted by Gasteiger charge is 2.23. The van der Waals surface area contributed by atoms with Crippen molar-refractivity contribution >= 4 is 44.6 Å². The topological polar surface area (TPSA) is 37.4 Å². The molecule has 4 nitrogen and oxygen atoms in total. The van der Waals surface area contributed by atoms with Crippen LogP contribution in [0.4, 0.5) is 5.69 Å². The van der Waals surface area contributed by atoms with Crippen LogP contribution in [-0.4, -0.2) is 40.3 Å². The lowest BCUT2D eigenvalue weighted by atomic mass is 10.2. The van der Waals surface area contributed by atoms with Crippen LogP contribution in [0.5, 0.6) is 0 Å². The SMILES string of the molecule is Cc1ccc2nc(-c3ccc(NC(=S)N4C[C@@H](C)O[C@@H](C)C4)cc3)sc2c1. The number of thiazole rings is 1. The van der Waals surface area contributed by atoms with E-state index in [1.165, 1.54) is 10.3 Å². The monoisotopic (exact) mass is 397 g/mol. The first-order valence-corrected chi connectivity index (χ1v) is 10.4. The van der Waals surface area contributed by atoms with Crippen LogP contribution in [0.25, 0.3) is 20.8 Å². The molecular weight excluding hydrogens is 374 g/mol. The molecule has 1 aliphatic rings. The van der Waals surface area contributed by atoms with Gasteiger partial charge in [0.1, 0.15) is 5.01 Å². The predicted molar refractivity (Wildman–Crippen MR) is 118 cm³/mol. The largest absolute Gasteiger partial charge is 0.372 e. The summed E-state index contributed by atoms with van der Waals surface area (Å²) in [6, 6.07) is 14.7. The standard InChI is InChI=1S/C21H23N3OS2/c1-13-4-9-18-19(10-13)27-20(23-18)16-5-7-17(8-6-16)22-21(26)24-11-14(2)25-15(3)12-24/h4-10,14-15H,11-12H2,1-3H3,(H,22,26)/t14-,15+. The van der Waals surface area contributed by atoms with E-state index in [1.54, 1.807) is 11.3 Å². The number of aromatic nitrogens is 1. The number of rotatable bonds is 2. The van der Waals surface area contributed by atoms with E-state index in [9.17, 15) is 0 Å². The molecule has 140 valence electrons. The molecule has 0 radical (unpaired) electrons. The molecule has 4 rings (SSSR count). The van der Waals surface area contributed by atoms with Gasteiger partial charge in [-0.05, 0) is 75.0 Å². The Morgan fingerprint density at radius 2 is 1.85 bits per heavy atom. The molecule has 1 aromatic heterocycles. The van der Waals surface area contributed by atoms with Gasteiger partial charge < -0.3 is 15.0 Å². The van der Waals surface area contributed by atoms with Gasteiger partial charge in [0.15, 0.2) is 5.11 Å². The van der Waals surface area contributed by atoms with E-state index in [0.717, 1.165) is 40.0 Å². The number of nitrogens with zero attached hydrogens (tertiary/aromatic N) is 2. The molecule has 0 amide bonds. The molecule has 0 saturated carbocycles. The molecule has 2 atom stereocenters. The van der Waals surface area contributed by atoms with E-state index in [0.29, 0.717) is 0 Å². The van der Waals surface area contributed by atoms with E-state index < -0.39 is 0 Å². The molecule has 1 N–H and O–H groups in total. The number of ether oxygens (including phenoxy) is 1. The Kier molecular flexibility index (Phi) is 5.12. The van der Waals surface area contributed by atoms with Crippen LogP contribution < -0.4 is 5.32 Å². The molecule has 2 heterocycles. The second-order valence-corrected chi connectivity index (χ2v) is 8.58. The summed E-state index contributed by atoms with van der Waals surface area (Å²) in [7, 11) is 0. The van der Waals surface area contributed by atoms with Crippen LogP contribution in [0.2, 0.25) is 0 Å². The number of morpholine rings is 1. The van der Waals surface area contributed by atoms with Crippen LogP contribution in [0, 0.1) is 6.92 Å². The molecule has 1 aliphatic heterocycles. The molecule has 0 aliphatic carbocycles. The molecule has 3 aromatic rings. The number of hydrogen-bond donors (Lipinski definition) is 1. The number of anilines is 1. The van der Waals surface area contributed by atoms with E-state index >= 15 is 0 Å². The first-order valence-electron chi connectivity index (χ1n) is 9.17. The number of aryl methyl sites for hydroxylation is 1. The van der Waals surface area contributed by atoms with Gasteiger partial charge in [0.2, 0.25) is 0 Å². The lowest BCUT2D eigenvalue weighted by molar-refractivity contribution is -0.0473. The van der Waals surface area contributed by atoms with Gasteiger partial charge in [-0.2, -0.15) is 0 Å². The summed E-state index contributed by atoms with van der Waals surface area (Å²) in [5, 5.41) is 5.14. The smallest absolute Gasteiger partial charge is 0.173 e. The fraction of sp³-hybridized carbons (Fsp3) is 0.333. The van der Waals surface area contributed by atoms with Gasteiger partial charge in [0, 0.05) is 24.3 Å². The molecule has 1 fully saturated rings. The van der Waals surface area contributed by atoms with E-state index in [2.05, 4.69) is 73.5 Å². The summed E-state index contributed by atoms with van der Waals surface area (Å²) in [5.74, 6) is 0. The highest BCUT2D eigenvalue weighted by Crippen LogP contribution is 2.31. The summed E-state index contributed by atoms with van der Waals surface area (Å²) < 4.78 is 7.00. The van der Waals surface area contributed by atoms with Gasteiger partial charge in [-0.25, -0.2) is 4.98 Å². The average molecular weight is 398 g/mol. The minimum atomic E-state index is 0.193.